The summed E-state index contributed by atoms with van der Waals surface area (Å²) < 4.78 is 6.87. The van der Waals surface area contributed by atoms with Crippen molar-refractivity contribution >= 4 is 0 Å². The highest BCUT2D eigenvalue weighted by atomic mass is 14.1. The average molecular weight is 84.2 g/mol. The first-order valence-corrected chi connectivity index (χ1v) is 2.65. The van der Waals surface area contributed by atoms with Crippen LogP contribution in [0.25, 0.3) is 0 Å². The number of hydrogen-bond acceptors (Lipinski definition) is 0. The molecule has 0 aliphatic heterocycles. The summed E-state index contributed by atoms with van der Waals surface area (Å²) in [5.74, 6) is 0.639. The molecule has 1 saturated carbocycles. The second kappa shape index (κ2) is 1.63. The van der Waals surface area contributed by atoms with E-state index in [1.807, 2.05) is 0 Å². The fourth-order valence-electron chi connectivity index (χ4n) is 0.957. The summed E-state index contributed by atoms with van der Waals surface area (Å²) in [5, 5.41) is 0. The van der Waals surface area contributed by atoms with Crippen molar-refractivity contribution in [3.8, 4) is 0 Å². The van der Waals surface area contributed by atoms with Gasteiger partial charge >= 0.3 is 0 Å². The fourth-order valence-corrected chi connectivity index (χ4v) is 0.957. The lowest BCUT2D eigenvalue weighted by atomic mass is 10.2. The fraction of sp³-hybridized carbons (Fsp3) is 0.833. The molecule has 0 aromatic rings. The van der Waals surface area contributed by atoms with Crippen molar-refractivity contribution in [3.05, 3.63) is 6.90 Å². The first-order valence-electron chi connectivity index (χ1n) is 3.23. The average Bonchev–Trinajstić information content (AvgIpc) is 2.14. The van der Waals surface area contributed by atoms with Gasteiger partial charge < -0.3 is 0 Å². The maximum atomic E-state index is 6.87. The molecule has 1 aliphatic rings. The third kappa shape index (κ3) is 0.735. The maximum Gasteiger partial charge on any atom is 0.0269 e. The molecule has 0 aromatic heterocycles. The van der Waals surface area contributed by atoms with Gasteiger partial charge in [0.2, 0.25) is 0 Å². The quantitative estimate of drug-likeness (QED) is 0.456. The van der Waals surface area contributed by atoms with Gasteiger partial charge in [-0.2, -0.15) is 0 Å². The van der Waals surface area contributed by atoms with Gasteiger partial charge in [-0.25, -0.2) is 0 Å². The molecule has 1 radical (unpaired) electrons. The summed E-state index contributed by atoms with van der Waals surface area (Å²) in [6.07, 6.45) is 5.23. The monoisotopic (exact) mass is 84.1 g/mol. The van der Waals surface area contributed by atoms with Crippen LogP contribution >= 0.6 is 0 Å². The smallest absolute Gasteiger partial charge is 0.0269 e. The van der Waals surface area contributed by atoms with Gasteiger partial charge in [-0.1, -0.05) is 32.6 Å². The Morgan fingerprint density at radius 3 is 2.50 bits per heavy atom. The minimum Gasteiger partial charge on any atom is -0.0530 e. The van der Waals surface area contributed by atoms with E-state index >= 15 is 0 Å². The van der Waals surface area contributed by atoms with Crippen molar-refractivity contribution in [1.29, 1.82) is 0 Å². The molecule has 1 aliphatic carbocycles. The Balaban J connectivity index is 2.14. The molecular formula is C6H11. The summed E-state index contributed by atoms with van der Waals surface area (Å²) in [7, 11) is 0. The minimum absolute atomic E-state index is 0.639. The molecule has 0 amide bonds. The molecular weight excluding hydrogens is 72.1 g/mol. The summed E-state index contributed by atoms with van der Waals surface area (Å²) >= 11 is 0. The Hall–Kier alpha value is 0. The summed E-state index contributed by atoms with van der Waals surface area (Å²) in [4.78, 5) is 0. The highest BCUT2D eigenvalue weighted by molar-refractivity contribution is 4.67. The Kier molecular flexibility index (Phi) is 0.833. The maximum absolute atomic E-state index is 6.87. The first-order chi connectivity index (χ1) is 3.43. The van der Waals surface area contributed by atoms with Crippen LogP contribution in [0.15, 0.2) is 0 Å². The molecule has 0 bridgehead atoms. The Morgan fingerprint density at radius 1 is 1.50 bits per heavy atom. The topological polar surface area (TPSA) is 0 Å². The van der Waals surface area contributed by atoms with Crippen LogP contribution in [-0.2, 0) is 0 Å². The minimum atomic E-state index is 0.639. The van der Waals surface area contributed by atoms with Gasteiger partial charge in [0.15, 0.2) is 0 Å². The van der Waals surface area contributed by atoms with E-state index < -0.39 is 0 Å². The van der Waals surface area contributed by atoms with Crippen molar-refractivity contribution in [2.45, 2.75) is 25.7 Å². The summed E-state index contributed by atoms with van der Waals surface area (Å²) in [6, 6.07) is 0. The van der Waals surface area contributed by atoms with Crippen molar-refractivity contribution in [2.24, 2.45) is 5.92 Å². The van der Waals surface area contributed by atoms with E-state index in [-0.39, 0.29) is 0 Å². The van der Waals surface area contributed by atoms with E-state index in [1.54, 1.807) is 6.90 Å². The standard InChI is InChI=1S/C6H11/c1-6-4-2-3-5-6/h6H,1-5H2/i1D. The first kappa shape index (κ1) is 3.06. The van der Waals surface area contributed by atoms with Gasteiger partial charge in [-0.05, 0) is 5.92 Å². The largest absolute Gasteiger partial charge is 0.0530 e. The zero-order chi connectivity index (χ0) is 5.11. The summed E-state index contributed by atoms with van der Waals surface area (Å²) in [6.45, 7) is 1.59. The third-order valence-corrected chi connectivity index (χ3v) is 1.40. The SMILES string of the molecule is [2H][CH]C1CCCC1. The van der Waals surface area contributed by atoms with Gasteiger partial charge in [-0.3, -0.25) is 0 Å². The molecule has 6 heavy (non-hydrogen) atoms. The highest BCUT2D eigenvalue weighted by Crippen LogP contribution is 2.22. The van der Waals surface area contributed by atoms with E-state index in [2.05, 4.69) is 0 Å². The van der Waals surface area contributed by atoms with E-state index in [9.17, 15) is 0 Å². The van der Waals surface area contributed by atoms with Crippen molar-refractivity contribution in [3.63, 3.8) is 0 Å². The van der Waals surface area contributed by atoms with Crippen LogP contribution in [0.4, 0.5) is 0 Å². The zero-order valence-electron chi connectivity index (χ0n) is 4.98. The Bertz CT molecular complexity index is 46.1. The van der Waals surface area contributed by atoms with Crippen LogP contribution < -0.4 is 0 Å². The van der Waals surface area contributed by atoms with Crippen molar-refractivity contribution < 1.29 is 1.37 Å². The lowest BCUT2D eigenvalue weighted by molar-refractivity contribution is 0.681. The number of rotatable bonds is 1. The molecule has 0 spiro atoms. The molecule has 0 unspecified atom stereocenters. The van der Waals surface area contributed by atoms with E-state index in [1.165, 1.54) is 25.7 Å². The lowest BCUT2D eigenvalue weighted by Gasteiger charge is -1.91. The normalized spacial score (nSPS) is 27.7. The highest BCUT2D eigenvalue weighted by Gasteiger charge is 2.07. The molecule has 0 aromatic carbocycles. The summed E-state index contributed by atoms with van der Waals surface area (Å²) in [5.41, 5.74) is 0. The van der Waals surface area contributed by atoms with Gasteiger partial charge in [0.25, 0.3) is 0 Å². The van der Waals surface area contributed by atoms with Crippen LogP contribution in [0, 0.1) is 12.8 Å². The zero-order valence-corrected chi connectivity index (χ0v) is 3.98. The molecule has 0 atom stereocenters. The van der Waals surface area contributed by atoms with E-state index in [4.69, 9.17) is 1.37 Å². The molecule has 0 nitrogen and oxygen atoms in total. The molecule has 0 heterocycles. The van der Waals surface area contributed by atoms with Crippen molar-refractivity contribution in [1.82, 2.24) is 0 Å². The second-order valence-electron chi connectivity index (χ2n) is 2.04. The van der Waals surface area contributed by atoms with Crippen LogP contribution in [0.5, 0.6) is 0 Å². The van der Waals surface area contributed by atoms with E-state index in [0.717, 1.165) is 0 Å². The second-order valence-corrected chi connectivity index (χ2v) is 2.04. The molecule has 0 heteroatoms. The van der Waals surface area contributed by atoms with Crippen LogP contribution in [-0.4, -0.2) is 0 Å². The number of hydrogen-bond donors (Lipinski definition) is 0. The Labute approximate surface area is 41.0 Å². The predicted molar refractivity (Wildman–Crippen MR) is 27.3 cm³/mol. The molecule has 1 fully saturated rings. The van der Waals surface area contributed by atoms with Crippen LogP contribution in [0.2, 0.25) is 0 Å². The predicted octanol–water partition coefficient (Wildman–Crippen LogP) is 2.01. The molecule has 0 saturated heterocycles. The van der Waals surface area contributed by atoms with Gasteiger partial charge in [-0.15, -0.1) is 0 Å². The Morgan fingerprint density at radius 2 is 2.17 bits per heavy atom. The molecule has 0 N–H and O–H groups in total. The van der Waals surface area contributed by atoms with Gasteiger partial charge in [0, 0.05) is 1.37 Å². The van der Waals surface area contributed by atoms with Crippen LogP contribution in [0.3, 0.4) is 0 Å². The van der Waals surface area contributed by atoms with Gasteiger partial charge in [0.1, 0.15) is 0 Å². The third-order valence-electron chi connectivity index (χ3n) is 1.40. The van der Waals surface area contributed by atoms with Crippen molar-refractivity contribution in [2.75, 3.05) is 0 Å². The van der Waals surface area contributed by atoms with Crippen LogP contribution in [0.1, 0.15) is 27.1 Å². The molecule has 1 rings (SSSR count). The lowest BCUT2D eigenvalue weighted by Crippen LogP contribution is -1.79. The molecule has 35 valence electrons. The van der Waals surface area contributed by atoms with E-state index in [0.29, 0.717) is 5.92 Å². The van der Waals surface area contributed by atoms with Gasteiger partial charge in [0.05, 0.1) is 0 Å².